The van der Waals surface area contributed by atoms with Crippen LogP contribution >= 0.6 is 11.3 Å². The van der Waals surface area contributed by atoms with E-state index in [2.05, 4.69) is 29.2 Å². The molecule has 1 aliphatic rings. The number of rotatable bonds is 6. The highest BCUT2D eigenvalue weighted by Gasteiger charge is 2.31. The summed E-state index contributed by atoms with van der Waals surface area (Å²) in [5, 5.41) is 0.815. The van der Waals surface area contributed by atoms with Crippen LogP contribution in [0.5, 0.6) is 11.5 Å². The predicted octanol–water partition coefficient (Wildman–Crippen LogP) is 4.98. The van der Waals surface area contributed by atoms with Gasteiger partial charge < -0.3 is 14.4 Å². The van der Waals surface area contributed by atoms with Gasteiger partial charge in [0.15, 0.2) is 11.5 Å². The first-order chi connectivity index (χ1) is 14.6. The van der Waals surface area contributed by atoms with Gasteiger partial charge in [-0.15, -0.1) is 11.3 Å². The van der Waals surface area contributed by atoms with Gasteiger partial charge in [-0.25, -0.2) is 4.98 Å². The fraction of sp³-hybridized carbons (Fsp3) is 0.333. The third kappa shape index (κ3) is 4.05. The molecule has 1 atom stereocenters. The normalized spacial score (nSPS) is 16.0. The van der Waals surface area contributed by atoms with Crippen LogP contribution in [0, 0.1) is 6.92 Å². The molecular weight excluding hydrogens is 396 g/mol. The van der Waals surface area contributed by atoms with E-state index in [4.69, 9.17) is 9.47 Å². The van der Waals surface area contributed by atoms with Crippen molar-refractivity contribution in [3.8, 4) is 22.1 Å². The first kappa shape index (κ1) is 20.4. The predicted molar refractivity (Wildman–Crippen MR) is 120 cm³/mol. The molecule has 1 aliphatic heterocycles. The highest BCUT2D eigenvalue weighted by Crippen LogP contribution is 2.36. The van der Waals surface area contributed by atoms with E-state index in [9.17, 15) is 4.79 Å². The van der Waals surface area contributed by atoms with Gasteiger partial charge in [-0.05, 0) is 49.9 Å². The van der Waals surface area contributed by atoms with E-state index in [1.165, 1.54) is 16.9 Å². The Kier molecular flexibility index (Phi) is 6.04. The van der Waals surface area contributed by atoms with Crippen molar-refractivity contribution in [3.05, 3.63) is 64.7 Å². The van der Waals surface area contributed by atoms with Crippen LogP contribution in [0.25, 0.3) is 10.6 Å². The summed E-state index contributed by atoms with van der Waals surface area (Å²) in [6.07, 6.45) is 2.98. The van der Waals surface area contributed by atoms with E-state index in [-0.39, 0.29) is 11.9 Å². The molecule has 0 unspecified atom stereocenters. The number of benzene rings is 2. The number of likely N-dealkylation sites (tertiary alicyclic amines) is 1. The van der Waals surface area contributed by atoms with Gasteiger partial charge in [0.2, 0.25) is 0 Å². The number of aryl methyl sites for hydroxylation is 1. The van der Waals surface area contributed by atoms with Crippen molar-refractivity contribution in [1.82, 2.24) is 9.88 Å². The Hall–Kier alpha value is -2.86. The summed E-state index contributed by atoms with van der Waals surface area (Å²) >= 11 is 1.45. The van der Waals surface area contributed by atoms with Gasteiger partial charge in [0.05, 0.1) is 19.9 Å². The van der Waals surface area contributed by atoms with Gasteiger partial charge in [0.25, 0.3) is 5.91 Å². The molecule has 0 N–H and O–H groups in total. The molecule has 1 fully saturated rings. The highest BCUT2D eigenvalue weighted by atomic mass is 32.1. The monoisotopic (exact) mass is 422 g/mol. The maximum absolute atomic E-state index is 13.4. The van der Waals surface area contributed by atoms with Crippen molar-refractivity contribution in [2.24, 2.45) is 0 Å². The second-order valence-electron chi connectivity index (χ2n) is 7.49. The first-order valence-electron chi connectivity index (χ1n) is 10.2. The van der Waals surface area contributed by atoms with Crippen molar-refractivity contribution >= 4 is 17.2 Å². The molecule has 0 radical (unpaired) electrons. The maximum atomic E-state index is 13.4. The molecule has 6 heteroatoms. The second-order valence-corrected chi connectivity index (χ2v) is 8.49. The summed E-state index contributed by atoms with van der Waals surface area (Å²) in [6, 6.07) is 16.4. The highest BCUT2D eigenvalue weighted by molar-refractivity contribution is 7.17. The van der Waals surface area contributed by atoms with Gasteiger partial charge in [0.1, 0.15) is 9.88 Å². The standard InChI is InChI=1S/C24H26N2O3S/c1-16-22(30-23(25-16)18-11-12-20(28-2)21(15-18)29-3)24(27)26-13-7-10-19(26)14-17-8-5-4-6-9-17/h4-6,8-9,11-12,15,19H,7,10,13-14H2,1-3H3/t19-/m1/s1. The molecule has 0 aliphatic carbocycles. The second kappa shape index (κ2) is 8.88. The zero-order valence-corrected chi connectivity index (χ0v) is 18.4. The molecule has 3 aromatic rings. The van der Waals surface area contributed by atoms with Crippen LogP contribution < -0.4 is 9.47 Å². The van der Waals surface area contributed by atoms with Gasteiger partial charge in [0, 0.05) is 18.2 Å². The van der Waals surface area contributed by atoms with E-state index in [0.717, 1.165) is 46.9 Å². The van der Waals surface area contributed by atoms with Crippen molar-refractivity contribution < 1.29 is 14.3 Å². The molecule has 1 aromatic heterocycles. The van der Waals surface area contributed by atoms with Crippen LogP contribution in [0.15, 0.2) is 48.5 Å². The van der Waals surface area contributed by atoms with Crippen molar-refractivity contribution in [3.63, 3.8) is 0 Å². The fourth-order valence-corrected chi connectivity index (χ4v) is 5.04. The summed E-state index contributed by atoms with van der Waals surface area (Å²) in [5.41, 5.74) is 2.97. The average Bonchev–Trinajstić information content (AvgIpc) is 3.40. The summed E-state index contributed by atoms with van der Waals surface area (Å²) in [6.45, 7) is 2.72. The summed E-state index contributed by atoms with van der Waals surface area (Å²) in [5.74, 6) is 1.42. The Bertz CT molecular complexity index is 1030. The minimum Gasteiger partial charge on any atom is -0.493 e. The zero-order chi connectivity index (χ0) is 21.1. The lowest BCUT2D eigenvalue weighted by Crippen LogP contribution is -2.36. The molecule has 2 heterocycles. The third-order valence-corrected chi connectivity index (χ3v) is 6.77. The molecular formula is C24H26N2O3S. The summed E-state index contributed by atoms with van der Waals surface area (Å²) in [7, 11) is 3.23. The lowest BCUT2D eigenvalue weighted by atomic mass is 10.0. The molecule has 0 bridgehead atoms. The largest absolute Gasteiger partial charge is 0.493 e. The van der Waals surface area contributed by atoms with Gasteiger partial charge in [-0.2, -0.15) is 0 Å². The van der Waals surface area contributed by atoms with Gasteiger partial charge in [-0.3, -0.25) is 4.79 Å². The van der Waals surface area contributed by atoms with E-state index in [1.807, 2.05) is 36.1 Å². The minimum absolute atomic E-state index is 0.0927. The molecule has 5 nitrogen and oxygen atoms in total. The lowest BCUT2D eigenvalue weighted by molar-refractivity contribution is 0.0740. The van der Waals surface area contributed by atoms with E-state index in [0.29, 0.717) is 11.5 Å². The molecule has 4 rings (SSSR count). The number of aromatic nitrogens is 1. The number of carbonyl (C=O) groups is 1. The number of hydrogen-bond acceptors (Lipinski definition) is 5. The molecule has 156 valence electrons. The van der Waals surface area contributed by atoms with E-state index >= 15 is 0 Å². The van der Waals surface area contributed by atoms with Crippen LogP contribution in [-0.4, -0.2) is 42.6 Å². The van der Waals surface area contributed by atoms with Crippen LogP contribution in [0.3, 0.4) is 0 Å². The number of hydrogen-bond donors (Lipinski definition) is 0. The van der Waals surface area contributed by atoms with Crippen LogP contribution in [-0.2, 0) is 6.42 Å². The molecule has 2 aromatic carbocycles. The SMILES string of the molecule is COc1ccc(-c2nc(C)c(C(=O)N3CCC[C@@H]3Cc3ccccc3)s2)cc1OC. The third-order valence-electron chi connectivity index (χ3n) is 5.57. The smallest absolute Gasteiger partial charge is 0.266 e. The maximum Gasteiger partial charge on any atom is 0.266 e. The first-order valence-corrected chi connectivity index (χ1v) is 11.0. The van der Waals surface area contributed by atoms with Crippen molar-refractivity contribution in [1.29, 1.82) is 0 Å². The molecule has 0 saturated carbocycles. The Balaban J connectivity index is 1.57. The molecule has 0 spiro atoms. The fourth-order valence-electron chi connectivity index (χ4n) is 4.02. The Morgan fingerprint density at radius 3 is 2.63 bits per heavy atom. The van der Waals surface area contributed by atoms with Crippen LogP contribution in [0.1, 0.15) is 33.8 Å². The Labute approximate surface area is 181 Å². The number of amides is 1. The van der Waals surface area contributed by atoms with Crippen molar-refractivity contribution in [2.45, 2.75) is 32.2 Å². The summed E-state index contributed by atoms with van der Waals surface area (Å²) < 4.78 is 10.7. The topological polar surface area (TPSA) is 51.7 Å². The van der Waals surface area contributed by atoms with E-state index in [1.54, 1.807) is 14.2 Å². The Morgan fingerprint density at radius 1 is 1.13 bits per heavy atom. The number of carbonyl (C=O) groups excluding carboxylic acids is 1. The molecule has 30 heavy (non-hydrogen) atoms. The Morgan fingerprint density at radius 2 is 1.90 bits per heavy atom. The molecule has 1 amide bonds. The van der Waals surface area contributed by atoms with Crippen LogP contribution in [0.4, 0.5) is 0 Å². The average molecular weight is 423 g/mol. The van der Waals surface area contributed by atoms with Gasteiger partial charge in [-0.1, -0.05) is 30.3 Å². The molecule has 1 saturated heterocycles. The van der Waals surface area contributed by atoms with Gasteiger partial charge >= 0.3 is 0 Å². The minimum atomic E-state index is 0.0927. The quantitative estimate of drug-likeness (QED) is 0.562. The number of thiazole rings is 1. The van der Waals surface area contributed by atoms with Crippen molar-refractivity contribution in [2.75, 3.05) is 20.8 Å². The number of methoxy groups -OCH3 is 2. The van der Waals surface area contributed by atoms with E-state index < -0.39 is 0 Å². The summed E-state index contributed by atoms with van der Waals surface area (Å²) in [4.78, 5) is 20.8. The number of nitrogens with zero attached hydrogens (tertiary/aromatic N) is 2. The lowest BCUT2D eigenvalue weighted by Gasteiger charge is -2.24. The van der Waals surface area contributed by atoms with Crippen LogP contribution in [0.2, 0.25) is 0 Å². The number of ether oxygens (including phenoxy) is 2. The zero-order valence-electron chi connectivity index (χ0n) is 17.6.